The number of nitrogens with zero attached hydrogens (tertiary/aromatic N) is 1. The normalized spacial score (nSPS) is 11.0. The third-order valence-electron chi connectivity index (χ3n) is 4.40. The summed E-state index contributed by atoms with van der Waals surface area (Å²) in [6.45, 7) is -0.262. The largest absolute Gasteiger partial charge is 0.332 e. The number of anilines is 2. The number of carbonyl (C=O) groups excluding carboxylic acids is 2. The topological polar surface area (TPSA) is 95.6 Å². The van der Waals surface area contributed by atoms with Crippen molar-refractivity contribution in [1.29, 1.82) is 0 Å². The second-order valence-corrected chi connectivity index (χ2v) is 9.32. The van der Waals surface area contributed by atoms with Gasteiger partial charge in [-0.15, -0.1) is 0 Å². The minimum atomic E-state index is -3.95. The summed E-state index contributed by atoms with van der Waals surface area (Å²) in [7, 11) is -2.51. The lowest BCUT2D eigenvalue weighted by Gasteiger charge is -2.19. The monoisotopic (exact) mass is 491 g/mol. The molecule has 0 saturated heterocycles. The maximum atomic E-state index is 13.0. The molecule has 0 fully saturated rings. The Morgan fingerprint density at radius 3 is 2.12 bits per heavy atom. The van der Waals surface area contributed by atoms with E-state index in [1.165, 1.54) is 48.3 Å². The van der Waals surface area contributed by atoms with Gasteiger partial charge in [0.05, 0.1) is 33.4 Å². The van der Waals surface area contributed by atoms with Gasteiger partial charge in [0.1, 0.15) is 0 Å². The fourth-order valence-electron chi connectivity index (χ4n) is 2.82. The Hall–Kier alpha value is -3.07. The zero-order valence-corrected chi connectivity index (χ0v) is 19.2. The third kappa shape index (κ3) is 5.79. The third-order valence-corrected chi connectivity index (χ3v) is 6.36. The van der Waals surface area contributed by atoms with Gasteiger partial charge in [-0.3, -0.25) is 14.3 Å². The highest BCUT2D eigenvalue weighted by Gasteiger charge is 2.22. The van der Waals surface area contributed by atoms with Crippen molar-refractivity contribution in [2.45, 2.75) is 4.90 Å². The maximum Gasteiger partial charge on any atom is 0.261 e. The molecule has 0 saturated carbocycles. The van der Waals surface area contributed by atoms with Gasteiger partial charge >= 0.3 is 0 Å². The summed E-state index contributed by atoms with van der Waals surface area (Å²) in [6.07, 6.45) is 0. The summed E-state index contributed by atoms with van der Waals surface area (Å²) >= 11 is 11.9. The summed E-state index contributed by atoms with van der Waals surface area (Å²) < 4.78 is 27.9. The van der Waals surface area contributed by atoms with Crippen LogP contribution in [0.4, 0.5) is 11.4 Å². The molecule has 166 valence electrons. The number of sulfonamides is 1. The highest BCUT2D eigenvalue weighted by atomic mass is 35.5. The fourth-order valence-corrected chi connectivity index (χ4v) is 4.21. The molecule has 0 aromatic heterocycles. The van der Waals surface area contributed by atoms with Gasteiger partial charge in [-0.1, -0.05) is 47.5 Å². The van der Waals surface area contributed by atoms with E-state index in [2.05, 4.69) is 10.0 Å². The zero-order chi connectivity index (χ0) is 23.3. The molecule has 3 aromatic carbocycles. The van der Waals surface area contributed by atoms with E-state index in [1.54, 1.807) is 36.4 Å². The van der Waals surface area contributed by atoms with Gasteiger partial charge in [-0.25, -0.2) is 8.42 Å². The van der Waals surface area contributed by atoms with Crippen LogP contribution in [0.2, 0.25) is 10.0 Å². The predicted molar refractivity (Wildman–Crippen MR) is 126 cm³/mol. The van der Waals surface area contributed by atoms with E-state index >= 15 is 0 Å². The van der Waals surface area contributed by atoms with Gasteiger partial charge in [0.2, 0.25) is 5.91 Å². The highest BCUT2D eigenvalue weighted by Crippen LogP contribution is 2.23. The summed E-state index contributed by atoms with van der Waals surface area (Å²) in [5.74, 6) is -0.984. The lowest BCUT2D eigenvalue weighted by atomic mass is 10.1. The van der Waals surface area contributed by atoms with E-state index in [1.807, 2.05) is 0 Å². The zero-order valence-electron chi connectivity index (χ0n) is 16.9. The molecule has 3 aromatic rings. The van der Waals surface area contributed by atoms with Crippen molar-refractivity contribution in [1.82, 2.24) is 4.90 Å². The van der Waals surface area contributed by atoms with E-state index in [-0.39, 0.29) is 22.7 Å². The molecule has 0 bridgehead atoms. The Balaban J connectivity index is 1.75. The predicted octanol–water partition coefficient (Wildman–Crippen LogP) is 4.50. The highest BCUT2D eigenvalue weighted by molar-refractivity contribution is 7.92. The first-order valence-corrected chi connectivity index (χ1v) is 11.6. The molecule has 0 atom stereocenters. The first kappa shape index (κ1) is 23.6. The number of benzene rings is 3. The van der Waals surface area contributed by atoms with Gasteiger partial charge in [0.15, 0.2) is 0 Å². The summed E-state index contributed by atoms with van der Waals surface area (Å²) in [5.41, 5.74) is 0.611. The quantitative estimate of drug-likeness (QED) is 0.508. The number of hydrogen-bond acceptors (Lipinski definition) is 4. The Labute approximate surface area is 196 Å². The number of rotatable bonds is 7. The molecule has 10 heteroatoms. The number of nitrogens with one attached hydrogen (secondary N) is 2. The van der Waals surface area contributed by atoms with E-state index in [0.717, 1.165) is 0 Å². The number of halogens is 2. The van der Waals surface area contributed by atoms with Crippen molar-refractivity contribution >= 4 is 56.4 Å². The minimum Gasteiger partial charge on any atom is -0.332 e. The standard InChI is InChI=1S/C22H19Cl2N3O4S/c1-27(14-21(28)25-20-9-5-3-7-18(20)24)22(29)17-6-2-4-8-19(17)26-32(30,31)16-12-10-15(23)11-13-16/h2-13,26H,14H2,1H3,(H,25,28). The van der Waals surface area contributed by atoms with Gasteiger partial charge in [0.25, 0.3) is 15.9 Å². The SMILES string of the molecule is CN(CC(=O)Nc1ccccc1Cl)C(=O)c1ccccc1NS(=O)(=O)c1ccc(Cl)cc1. The van der Waals surface area contributed by atoms with Crippen LogP contribution in [0.1, 0.15) is 10.4 Å². The van der Waals surface area contributed by atoms with Crippen molar-refractivity contribution in [3.8, 4) is 0 Å². The maximum absolute atomic E-state index is 13.0. The summed E-state index contributed by atoms with van der Waals surface area (Å²) in [5, 5.41) is 3.41. The van der Waals surface area contributed by atoms with E-state index in [4.69, 9.17) is 23.2 Å². The van der Waals surface area contributed by atoms with Crippen molar-refractivity contribution in [3.05, 3.63) is 88.4 Å². The molecule has 0 aliphatic heterocycles. The van der Waals surface area contributed by atoms with Crippen LogP contribution >= 0.6 is 23.2 Å². The van der Waals surface area contributed by atoms with Crippen molar-refractivity contribution in [2.24, 2.45) is 0 Å². The minimum absolute atomic E-state index is 0.00313. The van der Waals surface area contributed by atoms with Crippen LogP contribution in [0.25, 0.3) is 0 Å². The van der Waals surface area contributed by atoms with E-state index < -0.39 is 21.8 Å². The molecule has 0 aliphatic rings. The molecular formula is C22H19Cl2N3O4S. The number of amides is 2. The van der Waals surface area contributed by atoms with Crippen LogP contribution in [0, 0.1) is 0 Å². The molecule has 0 spiro atoms. The average Bonchev–Trinajstić information content (AvgIpc) is 2.75. The van der Waals surface area contributed by atoms with Crippen LogP contribution in [0.15, 0.2) is 77.7 Å². The lowest BCUT2D eigenvalue weighted by Crippen LogP contribution is -2.35. The number of likely N-dealkylation sites (N-methyl/N-ethyl adjacent to an activating group) is 1. The van der Waals surface area contributed by atoms with Gasteiger partial charge < -0.3 is 10.2 Å². The molecule has 32 heavy (non-hydrogen) atoms. The van der Waals surface area contributed by atoms with Crippen LogP contribution < -0.4 is 10.0 Å². The van der Waals surface area contributed by atoms with Crippen LogP contribution in [-0.2, 0) is 14.8 Å². The number of carbonyl (C=O) groups is 2. The van der Waals surface area contributed by atoms with E-state index in [0.29, 0.717) is 15.7 Å². The number of para-hydroxylation sites is 2. The summed E-state index contributed by atoms with van der Waals surface area (Å²) in [6, 6.07) is 18.5. The van der Waals surface area contributed by atoms with Gasteiger partial charge in [-0.05, 0) is 48.5 Å². The Morgan fingerprint density at radius 1 is 0.875 bits per heavy atom. The van der Waals surface area contributed by atoms with Crippen molar-refractivity contribution in [3.63, 3.8) is 0 Å². The molecule has 0 heterocycles. The van der Waals surface area contributed by atoms with Crippen LogP contribution in [0.5, 0.6) is 0 Å². The van der Waals surface area contributed by atoms with Gasteiger partial charge in [-0.2, -0.15) is 0 Å². The van der Waals surface area contributed by atoms with Crippen molar-refractivity contribution in [2.75, 3.05) is 23.6 Å². The average molecular weight is 492 g/mol. The molecule has 3 rings (SSSR count). The molecule has 2 amide bonds. The van der Waals surface area contributed by atoms with Gasteiger partial charge in [0, 0.05) is 12.1 Å². The summed E-state index contributed by atoms with van der Waals surface area (Å²) in [4.78, 5) is 26.5. The Morgan fingerprint density at radius 2 is 1.47 bits per heavy atom. The van der Waals surface area contributed by atoms with Crippen LogP contribution in [-0.4, -0.2) is 38.7 Å². The van der Waals surface area contributed by atoms with Crippen molar-refractivity contribution < 1.29 is 18.0 Å². The second kappa shape index (κ2) is 10.0. The molecule has 2 N–H and O–H groups in total. The Kier molecular flexibility index (Phi) is 7.40. The molecule has 0 aliphatic carbocycles. The first-order chi connectivity index (χ1) is 15.2. The van der Waals surface area contributed by atoms with Crippen LogP contribution in [0.3, 0.4) is 0 Å². The second-order valence-electron chi connectivity index (χ2n) is 6.79. The Bertz CT molecular complexity index is 1250. The molecule has 0 unspecified atom stereocenters. The molecule has 7 nitrogen and oxygen atoms in total. The first-order valence-electron chi connectivity index (χ1n) is 9.34. The smallest absolute Gasteiger partial charge is 0.261 e. The lowest BCUT2D eigenvalue weighted by molar-refractivity contribution is -0.116. The number of hydrogen-bond donors (Lipinski definition) is 2. The molecule has 0 radical (unpaired) electrons. The van der Waals surface area contributed by atoms with E-state index in [9.17, 15) is 18.0 Å². The molecular weight excluding hydrogens is 473 g/mol. The fraction of sp³-hybridized carbons (Fsp3) is 0.0909.